The first kappa shape index (κ1) is 22.9. The topological polar surface area (TPSA) is 35.5 Å². The summed E-state index contributed by atoms with van der Waals surface area (Å²) in [5.74, 6) is -0.467. The fourth-order valence-corrected chi connectivity index (χ4v) is 5.36. The van der Waals surface area contributed by atoms with Gasteiger partial charge in [0.1, 0.15) is 24.6 Å². The zero-order valence-corrected chi connectivity index (χ0v) is 17.7. The van der Waals surface area contributed by atoms with Crippen LogP contribution in [-0.2, 0) is 14.3 Å². The van der Waals surface area contributed by atoms with E-state index < -0.39 is 36.5 Å². The van der Waals surface area contributed by atoms with Crippen molar-refractivity contribution in [1.29, 1.82) is 0 Å². The average molecular weight is 419 g/mol. The van der Waals surface area contributed by atoms with Crippen molar-refractivity contribution in [1.82, 2.24) is 0 Å². The summed E-state index contributed by atoms with van der Waals surface area (Å²) in [6, 6.07) is 0. The van der Waals surface area contributed by atoms with Gasteiger partial charge in [-0.25, -0.2) is 13.2 Å². The highest BCUT2D eigenvalue weighted by Gasteiger charge is 2.41. The van der Waals surface area contributed by atoms with E-state index in [1.165, 1.54) is 0 Å². The minimum Gasteiger partial charge on any atom is -0.462 e. The third kappa shape index (κ3) is 6.35. The molecule has 0 saturated heterocycles. The highest BCUT2D eigenvalue weighted by Crippen LogP contribution is 2.42. The second kappa shape index (κ2) is 11.0. The van der Waals surface area contributed by atoms with Gasteiger partial charge in [0, 0.05) is 13.0 Å². The Morgan fingerprint density at radius 3 is 2.14 bits per heavy atom. The Kier molecular flexibility index (Phi) is 8.70. The third-order valence-corrected chi connectivity index (χ3v) is 7.28. The summed E-state index contributed by atoms with van der Waals surface area (Å²) < 4.78 is 52.9. The molecule has 3 aliphatic carbocycles. The number of esters is 1. The molecule has 0 aliphatic heterocycles. The van der Waals surface area contributed by atoms with Gasteiger partial charge in [0.15, 0.2) is 0 Å². The van der Waals surface area contributed by atoms with E-state index in [1.807, 2.05) is 0 Å². The molecular formula is C23H37F3O3. The molecule has 0 heterocycles. The van der Waals surface area contributed by atoms with Gasteiger partial charge >= 0.3 is 5.97 Å². The van der Waals surface area contributed by atoms with Crippen molar-refractivity contribution in [3.8, 4) is 0 Å². The zero-order valence-electron chi connectivity index (χ0n) is 17.7. The Morgan fingerprint density at radius 1 is 0.793 bits per heavy atom. The summed E-state index contributed by atoms with van der Waals surface area (Å²) >= 11 is 0. The van der Waals surface area contributed by atoms with Crippen LogP contribution >= 0.6 is 0 Å². The Labute approximate surface area is 173 Å². The molecule has 3 fully saturated rings. The minimum absolute atomic E-state index is 0.0652. The fourth-order valence-electron chi connectivity index (χ4n) is 5.36. The summed E-state index contributed by atoms with van der Waals surface area (Å²) in [7, 11) is 0. The Morgan fingerprint density at radius 2 is 1.48 bits per heavy atom. The van der Waals surface area contributed by atoms with Gasteiger partial charge in [-0.05, 0) is 76.0 Å². The fraction of sp³-hybridized carbons (Fsp3) is 0.957. The van der Waals surface area contributed by atoms with Gasteiger partial charge in [-0.3, -0.25) is 4.79 Å². The second-order valence-corrected chi connectivity index (χ2v) is 9.36. The van der Waals surface area contributed by atoms with Crippen molar-refractivity contribution in [3.05, 3.63) is 0 Å². The maximum atomic E-state index is 14.8. The normalized spacial score (nSPS) is 41.1. The van der Waals surface area contributed by atoms with Crippen molar-refractivity contribution in [2.45, 2.75) is 115 Å². The van der Waals surface area contributed by atoms with Crippen LogP contribution in [0.15, 0.2) is 0 Å². The molecule has 0 aromatic rings. The van der Waals surface area contributed by atoms with E-state index >= 15 is 0 Å². The van der Waals surface area contributed by atoms with E-state index in [2.05, 4.69) is 6.92 Å². The van der Waals surface area contributed by atoms with Crippen LogP contribution in [0.4, 0.5) is 13.2 Å². The lowest BCUT2D eigenvalue weighted by Gasteiger charge is -2.39. The van der Waals surface area contributed by atoms with E-state index in [0.717, 1.165) is 51.6 Å². The second-order valence-electron chi connectivity index (χ2n) is 9.36. The molecule has 3 nitrogen and oxygen atoms in total. The molecule has 0 spiro atoms. The molecular weight excluding hydrogens is 381 g/mol. The SMILES string of the molecule is CCCCOC1CCC(C2CCC(C(=O)OC3CCC(F)C(F)C3)C(F)C2)CC1. The molecule has 29 heavy (non-hydrogen) atoms. The molecule has 3 rings (SSSR count). The summed E-state index contributed by atoms with van der Waals surface area (Å²) in [6.45, 7) is 2.99. The lowest BCUT2D eigenvalue weighted by molar-refractivity contribution is -0.162. The number of rotatable bonds is 7. The number of halogens is 3. The van der Waals surface area contributed by atoms with Crippen LogP contribution < -0.4 is 0 Å². The summed E-state index contributed by atoms with van der Waals surface area (Å²) in [6.07, 6.45) is 4.02. The van der Waals surface area contributed by atoms with Crippen molar-refractivity contribution >= 4 is 5.97 Å². The van der Waals surface area contributed by atoms with Crippen LogP contribution in [-0.4, -0.2) is 43.3 Å². The van der Waals surface area contributed by atoms with E-state index in [-0.39, 0.29) is 12.8 Å². The third-order valence-electron chi connectivity index (χ3n) is 7.28. The highest BCUT2D eigenvalue weighted by molar-refractivity contribution is 5.73. The van der Waals surface area contributed by atoms with Crippen molar-refractivity contribution in [3.63, 3.8) is 0 Å². The molecule has 0 radical (unpaired) electrons. The molecule has 6 atom stereocenters. The van der Waals surface area contributed by atoms with Crippen LogP contribution in [0.1, 0.15) is 84.0 Å². The van der Waals surface area contributed by atoms with Gasteiger partial charge < -0.3 is 9.47 Å². The van der Waals surface area contributed by atoms with Crippen molar-refractivity contribution < 1.29 is 27.4 Å². The van der Waals surface area contributed by atoms with Crippen LogP contribution in [0, 0.1) is 17.8 Å². The number of unbranched alkanes of at least 4 members (excludes halogenated alkanes) is 1. The van der Waals surface area contributed by atoms with Crippen LogP contribution in [0.5, 0.6) is 0 Å². The van der Waals surface area contributed by atoms with Gasteiger partial charge in [-0.1, -0.05) is 13.3 Å². The van der Waals surface area contributed by atoms with Crippen LogP contribution in [0.25, 0.3) is 0 Å². The number of hydrogen-bond donors (Lipinski definition) is 0. The maximum Gasteiger partial charge on any atom is 0.312 e. The van der Waals surface area contributed by atoms with Gasteiger partial charge in [0.05, 0.1) is 12.0 Å². The zero-order chi connectivity index (χ0) is 20.8. The molecule has 0 bridgehead atoms. The average Bonchev–Trinajstić information content (AvgIpc) is 2.71. The summed E-state index contributed by atoms with van der Waals surface area (Å²) in [5, 5.41) is 0. The predicted octanol–water partition coefficient (Wildman–Crippen LogP) is 5.89. The summed E-state index contributed by atoms with van der Waals surface area (Å²) in [5.41, 5.74) is 0. The lowest BCUT2D eigenvalue weighted by Crippen LogP contribution is -2.40. The molecule has 0 amide bonds. The first-order chi connectivity index (χ1) is 14.0. The predicted molar refractivity (Wildman–Crippen MR) is 106 cm³/mol. The largest absolute Gasteiger partial charge is 0.462 e. The number of hydrogen-bond acceptors (Lipinski definition) is 3. The quantitative estimate of drug-likeness (QED) is 0.382. The van der Waals surface area contributed by atoms with E-state index in [1.54, 1.807) is 0 Å². The maximum absolute atomic E-state index is 14.8. The molecule has 6 unspecified atom stereocenters. The van der Waals surface area contributed by atoms with E-state index in [4.69, 9.17) is 9.47 Å². The summed E-state index contributed by atoms with van der Waals surface area (Å²) in [4.78, 5) is 12.4. The number of ether oxygens (including phenoxy) is 2. The van der Waals surface area contributed by atoms with E-state index in [9.17, 15) is 18.0 Å². The molecule has 3 aliphatic rings. The molecule has 168 valence electrons. The first-order valence-corrected chi connectivity index (χ1v) is 11.7. The molecule has 3 saturated carbocycles. The first-order valence-electron chi connectivity index (χ1n) is 11.7. The Hall–Kier alpha value is -0.780. The molecule has 0 N–H and O–H groups in total. The number of carbonyl (C=O) groups is 1. The van der Waals surface area contributed by atoms with Crippen LogP contribution in [0.3, 0.4) is 0 Å². The Bertz CT molecular complexity index is 510. The number of alkyl halides is 3. The van der Waals surface area contributed by atoms with Gasteiger partial charge in [0.25, 0.3) is 0 Å². The number of carbonyl (C=O) groups excluding carboxylic acids is 1. The molecule has 0 aromatic heterocycles. The van der Waals surface area contributed by atoms with Crippen LogP contribution in [0.2, 0.25) is 0 Å². The minimum atomic E-state index is -1.58. The smallest absolute Gasteiger partial charge is 0.312 e. The molecule has 0 aromatic carbocycles. The van der Waals surface area contributed by atoms with E-state index in [0.29, 0.717) is 37.2 Å². The van der Waals surface area contributed by atoms with Crippen molar-refractivity contribution in [2.75, 3.05) is 6.61 Å². The monoisotopic (exact) mass is 418 g/mol. The highest BCUT2D eigenvalue weighted by atomic mass is 19.2. The van der Waals surface area contributed by atoms with Gasteiger partial charge in [0.2, 0.25) is 0 Å². The van der Waals surface area contributed by atoms with Crippen molar-refractivity contribution in [2.24, 2.45) is 17.8 Å². The molecule has 6 heteroatoms. The Balaban J connectivity index is 1.39. The van der Waals surface area contributed by atoms with Gasteiger partial charge in [-0.15, -0.1) is 0 Å². The van der Waals surface area contributed by atoms with Gasteiger partial charge in [-0.2, -0.15) is 0 Å². The standard InChI is InChI=1S/C23H37F3O3/c1-2-3-12-28-17-7-4-15(5-8-17)16-6-10-19(21(25)13-16)23(27)29-18-9-11-20(24)22(26)14-18/h15-22H,2-14H2,1H3. The lowest BCUT2D eigenvalue weighted by atomic mass is 9.70.